The van der Waals surface area contributed by atoms with Gasteiger partial charge < -0.3 is 15.5 Å². The number of aromatic nitrogens is 1. The number of nitrogens with two attached hydrogens (primary N) is 1. The Labute approximate surface area is 178 Å². The van der Waals surface area contributed by atoms with E-state index in [1.807, 2.05) is 43.3 Å². The zero-order valence-electron chi connectivity index (χ0n) is 16.8. The van der Waals surface area contributed by atoms with Crippen LogP contribution < -0.4 is 11.1 Å². The Kier molecular flexibility index (Phi) is 4.79. The number of carbonyl (C=O) groups is 1. The fourth-order valence-corrected chi connectivity index (χ4v) is 5.26. The Balaban J connectivity index is 1.68. The number of hydrogen-bond acceptors (Lipinski definition) is 5. The molecule has 6 heteroatoms. The predicted octanol–water partition coefficient (Wildman–Crippen LogP) is 5.97. The number of hydrogen-bond donors (Lipinski definition) is 2. The largest absolute Gasteiger partial charge is 0.464 e. The molecule has 0 saturated heterocycles. The molecule has 0 spiro atoms. The standard InChI is InChI=1S/C24H23N3O2S/c1-14-8-5-6-10-16(14)26-23(28)22-21(25)20-19(18-12-7-13-29-18)15-9-3-2-4-11-17(15)27-24(20)30-22/h5-8,10,12-13H,2-4,9,11,25H2,1H3,(H,26,28). The number of anilines is 2. The number of aryl methyl sites for hydroxylation is 2. The van der Waals surface area contributed by atoms with E-state index in [1.54, 1.807) is 6.26 Å². The maximum Gasteiger partial charge on any atom is 0.267 e. The number of furan rings is 1. The van der Waals surface area contributed by atoms with Crippen LogP contribution in [0.2, 0.25) is 0 Å². The van der Waals surface area contributed by atoms with Gasteiger partial charge in [0.05, 0.1) is 12.0 Å². The molecule has 5 rings (SSSR count). The van der Waals surface area contributed by atoms with Gasteiger partial charge in [-0.25, -0.2) is 4.98 Å². The van der Waals surface area contributed by atoms with Crippen LogP contribution in [0.5, 0.6) is 0 Å². The molecule has 1 aromatic carbocycles. The third-order valence-electron chi connectivity index (χ3n) is 5.77. The van der Waals surface area contributed by atoms with Crippen molar-refractivity contribution in [2.75, 3.05) is 11.1 Å². The average Bonchev–Trinajstić information content (AvgIpc) is 3.31. The fourth-order valence-electron chi connectivity index (χ4n) is 4.24. The summed E-state index contributed by atoms with van der Waals surface area (Å²) in [6, 6.07) is 11.6. The van der Waals surface area contributed by atoms with Crippen molar-refractivity contribution in [2.24, 2.45) is 0 Å². The van der Waals surface area contributed by atoms with E-state index in [9.17, 15) is 4.79 Å². The Hall–Kier alpha value is -3.12. The predicted molar refractivity (Wildman–Crippen MR) is 122 cm³/mol. The Bertz CT molecular complexity index is 1240. The Morgan fingerprint density at radius 3 is 2.77 bits per heavy atom. The van der Waals surface area contributed by atoms with Crippen LogP contribution in [0.1, 0.15) is 45.8 Å². The maximum atomic E-state index is 13.1. The first-order valence-electron chi connectivity index (χ1n) is 10.3. The third-order valence-corrected chi connectivity index (χ3v) is 6.87. The lowest BCUT2D eigenvalue weighted by Crippen LogP contribution is -2.12. The summed E-state index contributed by atoms with van der Waals surface area (Å²) in [6.45, 7) is 1.97. The number of fused-ring (bicyclic) bond motifs is 2. The monoisotopic (exact) mass is 417 g/mol. The molecule has 30 heavy (non-hydrogen) atoms. The quantitative estimate of drug-likeness (QED) is 0.403. The van der Waals surface area contributed by atoms with Gasteiger partial charge in [0.2, 0.25) is 0 Å². The van der Waals surface area contributed by atoms with Crippen LogP contribution in [0.4, 0.5) is 11.4 Å². The molecular weight excluding hydrogens is 394 g/mol. The molecule has 152 valence electrons. The van der Waals surface area contributed by atoms with Crippen LogP contribution in [0.15, 0.2) is 47.1 Å². The third kappa shape index (κ3) is 3.17. The molecule has 0 unspecified atom stereocenters. The summed E-state index contributed by atoms with van der Waals surface area (Å²) in [7, 11) is 0. The van der Waals surface area contributed by atoms with Crippen LogP contribution in [0, 0.1) is 6.92 Å². The average molecular weight is 418 g/mol. The first-order chi connectivity index (χ1) is 14.6. The minimum absolute atomic E-state index is 0.203. The number of rotatable bonds is 3. The minimum Gasteiger partial charge on any atom is -0.464 e. The number of carbonyl (C=O) groups excluding carboxylic acids is 1. The highest BCUT2D eigenvalue weighted by Crippen LogP contribution is 2.43. The number of pyridine rings is 1. The van der Waals surface area contributed by atoms with Crippen molar-refractivity contribution in [3.63, 3.8) is 0 Å². The van der Waals surface area contributed by atoms with Gasteiger partial charge in [0.25, 0.3) is 5.91 Å². The van der Waals surface area contributed by atoms with Gasteiger partial charge in [0.15, 0.2) is 0 Å². The second kappa shape index (κ2) is 7.61. The van der Waals surface area contributed by atoms with Gasteiger partial charge in [-0.15, -0.1) is 11.3 Å². The van der Waals surface area contributed by atoms with Crippen molar-refractivity contribution >= 4 is 38.8 Å². The number of thiophene rings is 1. The summed E-state index contributed by atoms with van der Waals surface area (Å²) in [4.78, 5) is 19.3. The molecule has 3 heterocycles. The zero-order valence-corrected chi connectivity index (χ0v) is 17.6. The van der Waals surface area contributed by atoms with Gasteiger partial charge in [-0.2, -0.15) is 0 Å². The SMILES string of the molecule is Cc1ccccc1NC(=O)c1sc2nc3c(c(-c4ccco4)c2c1N)CCCCC3. The van der Waals surface area contributed by atoms with Gasteiger partial charge in [-0.3, -0.25) is 4.79 Å². The van der Waals surface area contributed by atoms with Gasteiger partial charge in [-0.05, 0) is 61.9 Å². The van der Waals surface area contributed by atoms with Crippen molar-refractivity contribution in [3.05, 3.63) is 64.4 Å². The zero-order chi connectivity index (χ0) is 20.7. The highest BCUT2D eigenvalue weighted by atomic mass is 32.1. The number of benzene rings is 1. The molecule has 0 radical (unpaired) electrons. The minimum atomic E-state index is -0.203. The number of nitrogen functional groups attached to an aromatic ring is 1. The first-order valence-corrected chi connectivity index (χ1v) is 11.1. The second-order valence-corrected chi connectivity index (χ2v) is 8.74. The summed E-state index contributed by atoms with van der Waals surface area (Å²) in [5.41, 5.74) is 12.2. The van der Waals surface area contributed by atoms with Gasteiger partial charge in [-0.1, -0.05) is 24.6 Å². The fraction of sp³-hybridized carbons (Fsp3) is 0.250. The van der Waals surface area contributed by atoms with E-state index < -0.39 is 0 Å². The van der Waals surface area contributed by atoms with Gasteiger partial charge >= 0.3 is 0 Å². The molecule has 0 aliphatic heterocycles. The van der Waals surface area contributed by atoms with Crippen LogP contribution in [0.3, 0.4) is 0 Å². The molecule has 0 bridgehead atoms. The van der Waals surface area contributed by atoms with E-state index in [0.717, 1.165) is 64.2 Å². The molecule has 0 atom stereocenters. The van der Waals surface area contributed by atoms with E-state index in [4.69, 9.17) is 15.1 Å². The summed E-state index contributed by atoms with van der Waals surface area (Å²) in [5, 5.41) is 3.84. The molecule has 5 nitrogen and oxygen atoms in total. The van der Waals surface area contributed by atoms with Crippen LogP contribution in [-0.4, -0.2) is 10.9 Å². The molecule has 4 aromatic rings. The molecule has 1 aliphatic rings. The van der Waals surface area contributed by atoms with Crippen LogP contribution in [0.25, 0.3) is 21.5 Å². The van der Waals surface area contributed by atoms with Crippen LogP contribution in [-0.2, 0) is 12.8 Å². The molecule has 3 N–H and O–H groups in total. The number of para-hydroxylation sites is 1. The molecule has 1 aliphatic carbocycles. The van der Waals surface area contributed by atoms with Crippen molar-refractivity contribution in [2.45, 2.75) is 39.0 Å². The first kappa shape index (κ1) is 18.9. The van der Waals surface area contributed by atoms with Crippen molar-refractivity contribution < 1.29 is 9.21 Å². The van der Waals surface area contributed by atoms with Gasteiger partial charge in [0.1, 0.15) is 15.5 Å². The normalized spacial score (nSPS) is 13.8. The number of nitrogens with one attached hydrogen (secondary N) is 1. The second-order valence-electron chi connectivity index (χ2n) is 7.74. The molecule has 0 fully saturated rings. The van der Waals surface area contributed by atoms with E-state index in [2.05, 4.69) is 5.32 Å². The van der Waals surface area contributed by atoms with E-state index in [0.29, 0.717) is 10.6 Å². The van der Waals surface area contributed by atoms with Crippen molar-refractivity contribution in [1.82, 2.24) is 4.98 Å². The van der Waals surface area contributed by atoms with Crippen LogP contribution >= 0.6 is 11.3 Å². The molecular formula is C24H23N3O2S. The number of nitrogens with zero attached hydrogens (tertiary/aromatic N) is 1. The smallest absolute Gasteiger partial charge is 0.267 e. The lowest BCUT2D eigenvalue weighted by Gasteiger charge is -2.12. The number of amides is 1. The summed E-state index contributed by atoms with van der Waals surface area (Å²) >= 11 is 1.36. The Morgan fingerprint density at radius 1 is 1.13 bits per heavy atom. The highest BCUT2D eigenvalue weighted by Gasteiger charge is 2.26. The molecule has 0 saturated carbocycles. The maximum absolute atomic E-state index is 13.1. The van der Waals surface area contributed by atoms with Crippen molar-refractivity contribution in [3.8, 4) is 11.3 Å². The molecule has 1 amide bonds. The lowest BCUT2D eigenvalue weighted by molar-refractivity contribution is 0.103. The highest BCUT2D eigenvalue weighted by molar-refractivity contribution is 7.21. The van der Waals surface area contributed by atoms with E-state index in [-0.39, 0.29) is 5.91 Å². The summed E-state index contributed by atoms with van der Waals surface area (Å²) < 4.78 is 5.79. The Morgan fingerprint density at radius 2 is 1.97 bits per heavy atom. The molecule has 3 aromatic heterocycles. The van der Waals surface area contributed by atoms with E-state index in [1.165, 1.54) is 23.3 Å². The van der Waals surface area contributed by atoms with Gasteiger partial charge in [0, 0.05) is 22.3 Å². The summed E-state index contributed by atoms with van der Waals surface area (Å²) in [6.07, 6.45) is 7.03. The van der Waals surface area contributed by atoms with E-state index >= 15 is 0 Å². The lowest BCUT2D eigenvalue weighted by atomic mass is 9.96. The topological polar surface area (TPSA) is 81.2 Å². The van der Waals surface area contributed by atoms with Crippen molar-refractivity contribution in [1.29, 1.82) is 0 Å². The summed E-state index contributed by atoms with van der Waals surface area (Å²) in [5.74, 6) is 0.585.